The highest BCUT2D eigenvalue weighted by molar-refractivity contribution is 5.65. The molecule has 0 atom stereocenters. The number of hydrogen-bond donors (Lipinski definition) is 1. The Balaban J connectivity index is 2.40. The van der Waals surface area contributed by atoms with Crippen LogP contribution in [0.1, 0.15) is 26.3 Å². The zero-order chi connectivity index (χ0) is 13.3. The van der Waals surface area contributed by atoms with Crippen molar-refractivity contribution in [1.82, 2.24) is 0 Å². The molecule has 0 unspecified atom stereocenters. The summed E-state index contributed by atoms with van der Waals surface area (Å²) in [5, 5.41) is 9.40. The first kappa shape index (κ1) is 12.6. The van der Waals surface area contributed by atoms with Gasteiger partial charge in [0.15, 0.2) is 0 Å². The van der Waals surface area contributed by atoms with Crippen molar-refractivity contribution in [2.45, 2.75) is 26.2 Å². The molecular weight excluding hydrogens is 227 g/mol. The zero-order valence-electron chi connectivity index (χ0n) is 10.9. The summed E-state index contributed by atoms with van der Waals surface area (Å²) in [5.74, 6) is -0.477. The van der Waals surface area contributed by atoms with Gasteiger partial charge in [-0.1, -0.05) is 45.0 Å². The van der Waals surface area contributed by atoms with Crippen molar-refractivity contribution in [3.63, 3.8) is 0 Å². The first-order chi connectivity index (χ1) is 8.36. The lowest BCUT2D eigenvalue weighted by atomic mass is 9.86. The second-order valence-electron chi connectivity index (χ2n) is 5.53. The highest BCUT2D eigenvalue weighted by Gasteiger charge is 2.13. The van der Waals surface area contributed by atoms with E-state index in [1.165, 1.54) is 11.6 Å². The Hall–Kier alpha value is -1.83. The van der Waals surface area contributed by atoms with Gasteiger partial charge in [0.05, 0.1) is 0 Å². The summed E-state index contributed by atoms with van der Waals surface area (Å²) in [6.45, 7) is 6.45. The largest absolute Gasteiger partial charge is 0.508 e. The quantitative estimate of drug-likeness (QED) is 0.783. The van der Waals surface area contributed by atoms with Crippen LogP contribution in [0.5, 0.6) is 5.75 Å². The summed E-state index contributed by atoms with van der Waals surface area (Å²) in [6, 6.07) is 12.1. The number of phenols is 1. The molecule has 0 radical (unpaired) electrons. The topological polar surface area (TPSA) is 20.2 Å². The first-order valence-electron chi connectivity index (χ1n) is 5.97. The normalized spacial score (nSPS) is 11.6. The van der Waals surface area contributed by atoms with E-state index in [4.69, 9.17) is 0 Å². The molecule has 2 aromatic carbocycles. The van der Waals surface area contributed by atoms with Crippen molar-refractivity contribution in [3.05, 3.63) is 53.8 Å². The number of halogens is 1. The van der Waals surface area contributed by atoms with Gasteiger partial charge in [-0.2, -0.15) is 0 Å². The molecule has 0 saturated heterocycles. The van der Waals surface area contributed by atoms with E-state index in [2.05, 4.69) is 20.8 Å². The second kappa shape index (κ2) is 4.45. The predicted molar refractivity (Wildman–Crippen MR) is 72.2 cm³/mol. The van der Waals surface area contributed by atoms with Gasteiger partial charge in [-0.25, -0.2) is 4.39 Å². The Kier molecular flexibility index (Phi) is 3.12. The number of benzene rings is 2. The van der Waals surface area contributed by atoms with Crippen LogP contribution in [0.2, 0.25) is 0 Å². The number of rotatable bonds is 1. The smallest absolute Gasteiger partial charge is 0.127 e. The minimum atomic E-state index is -0.426. The van der Waals surface area contributed by atoms with Crippen molar-refractivity contribution in [2.75, 3.05) is 0 Å². The Labute approximate surface area is 107 Å². The average molecular weight is 244 g/mol. The Morgan fingerprint density at radius 3 is 2.00 bits per heavy atom. The van der Waals surface area contributed by atoms with Crippen LogP contribution in [-0.4, -0.2) is 5.11 Å². The number of aromatic hydroxyl groups is 1. The summed E-state index contributed by atoms with van der Waals surface area (Å²) in [6.07, 6.45) is 0. The summed E-state index contributed by atoms with van der Waals surface area (Å²) in [7, 11) is 0. The van der Waals surface area contributed by atoms with Crippen LogP contribution < -0.4 is 0 Å². The van der Waals surface area contributed by atoms with Gasteiger partial charge in [0, 0.05) is 6.07 Å². The lowest BCUT2D eigenvalue weighted by Gasteiger charge is -2.19. The monoisotopic (exact) mass is 244 g/mol. The van der Waals surface area contributed by atoms with Gasteiger partial charge in [0.2, 0.25) is 0 Å². The van der Waals surface area contributed by atoms with Crippen molar-refractivity contribution >= 4 is 0 Å². The molecule has 0 fully saturated rings. The van der Waals surface area contributed by atoms with Gasteiger partial charge >= 0.3 is 0 Å². The van der Waals surface area contributed by atoms with E-state index in [0.717, 1.165) is 11.6 Å². The summed E-state index contributed by atoms with van der Waals surface area (Å²) in [4.78, 5) is 0. The maximum Gasteiger partial charge on any atom is 0.127 e. The van der Waals surface area contributed by atoms with Crippen molar-refractivity contribution in [1.29, 1.82) is 0 Å². The van der Waals surface area contributed by atoms with Crippen LogP contribution in [0.25, 0.3) is 11.1 Å². The molecule has 0 saturated carbocycles. The molecule has 0 amide bonds. The zero-order valence-corrected chi connectivity index (χ0v) is 10.9. The fraction of sp³-hybridized carbons (Fsp3) is 0.250. The van der Waals surface area contributed by atoms with Crippen LogP contribution in [0.3, 0.4) is 0 Å². The Bertz CT molecular complexity index is 530. The van der Waals surface area contributed by atoms with E-state index in [-0.39, 0.29) is 11.2 Å². The van der Waals surface area contributed by atoms with Crippen molar-refractivity contribution < 1.29 is 9.50 Å². The third-order valence-corrected chi connectivity index (χ3v) is 2.97. The third kappa shape index (κ3) is 2.70. The van der Waals surface area contributed by atoms with Crippen LogP contribution in [-0.2, 0) is 5.41 Å². The van der Waals surface area contributed by atoms with Gasteiger partial charge < -0.3 is 5.11 Å². The van der Waals surface area contributed by atoms with E-state index in [9.17, 15) is 9.50 Å². The lowest BCUT2D eigenvalue weighted by Crippen LogP contribution is -2.10. The average Bonchev–Trinajstić information content (AvgIpc) is 2.27. The van der Waals surface area contributed by atoms with Gasteiger partial charge in [-0.3, -0.25) is 0 Å². The van der Waals surface area contributed by atoms with Gasteiger partial charge in [0.1, 0.15) is 11.6 Å². The van der Waals surface area contributed by atoms with Crippen LogP contribution in [0, 0.1) is 5.82 Å². The van der Waals surface area contributed by atoms with Gasteiger partial charge in [-0.05, 0) is 34.2 Å². The molecule has 0 aliphatic heterocycles. The fourth-order valence-electron chi connectivity index (χ4n) is 1.90. The number of hydrogen-bond acceptors (Lipinski definition) is 1. The molecule has 1 N–H and O–H groups in total. The third-order valence-electron chi connectivity index (χ3n) is 2.97. The molecule has 0 aliphatic carbocycles. The SMILES string of the molecule is CC(C)(C)c1ccc(-c2cc(O)cc(F)c2)cc1. The van der Waals surface area contributed by atoms with E-state index < -0.39 is 5.82 Å². The minimum absolute atomic E-state index is 0.0510. The molecule has 2 heteroatoms. The Morgan fingerprint density at radius 2 is 1.50 bits per heavy atom. The highest BCUT2D eigenvalue weighted by atomic mass is 19.1. The van der Waals surface area contributed by atoms with E-state index >= 15 is 0 Å². The summed E-state index contributed by atoms with van der Waals surface area (Å²) >= 11 is 0. The standard InChI is InChI=1S/C16H17FO/c1-16(2,3)13-6-4-11(5-7-13)12-8-14(17)10-15(18)9-12/h4-10,18H,1-3H3. The van der Waals surface area contributed by atoms with Crippen molar-refractivity contribution in [2.24, 2.45) is 0 Å². The van der Waals surface area contributed by atoms with Crippen LogP contribution in [0.15, 0.2) is 42.5 Å². The second-order valence-corrected chi connectivity index (χ2v) is 5.53. The maximum atomic E-state index is 13.2. The molecule has 0 bridgehead atoms. The fourth-order valence-corrected chi connectivity index (χ4v) is 1.90. The molecule has 0 spiro atoms. The molecule has 2 rings (SSSR count). The van der Waals surface area contributed by atoms with E-state index in [0.29, 0.717) is 5.56 Å². The minimum Gasteiger partial charge on any atom is -0.508 e. The molecule has 0 aromatic heterocycles. The highest BCUT2D eigenvalue weighted by Crippen LogP contribution is 2.28. The molecule has 94 valence electrons. The van der Waals surface area contributed by atoms with Gasteiger partial charge in [0.25, 0.3) is 0 Å². The van der Waals surface area contributed by atoms with E-state index in [1.54, 1.807) is 6.07 Å². The molecule has 0 heterocycles. The summed E-state index contributed by atoms with van der Waals surface area (Å²) < 4.78 is 13.2. The molecular formula is C16H17FO. The first-order valence-corrected chi connectivity index (χ1v) is 5.97. The lowest BCUT2D eigenvalue weighted by molar-refractivity contribution is 0.469. The molecule has 18 heavy (non-hydrogen) atoms. The molecule has 1 nitrogen and oxygen atoms in total. The van der Waals surface area contributed by atoms with Crippen LogP contribution in [0.4, 0.5) is 4.39 Å². The molecule has 2 aromatic rings. The van der Waals surface area contributed by atoms with Crippen molar-refractivity contribution in [3.8, 4) is 16.9 Å². The van der Waals surface area contributed by atoms with E-state index in [1.807, 2.05) is 24.3 Å². The predicted octanol–water partition coefficient (Wildman–Crippen LogP) is 4.50. The Morgan fingerprint density at radius 1 is 0.889 bits per heavy atom. The summed E-state index contributed by atoms with van der Waals surface area (Å²) in [5.41, 5.74) is 2.92. The van der Waals surface area contributed by atoms with Gasteiger partial charge in [-0.15, -0.1) is 0 Å². The molecule has 0 aliphatic rings. The van der Waals surface area contributed by atoms with Crippen LogP contribution >= 0.6 is 0 Å². The maximum absolute atomic E-state index is 13.2. The number of phenolic OH excluding ortho intramolecular Hbond substituents is 1.